The van der Waals surface area contributed by atoms with Crippen LogP contribution in [0, 0.1) is 0 Å². The monoisotopic (exact) mass is 111 g/mol. The van der Waals surface area contributed by atoms with E-state index >= 15 is 0 Å². The fourth-order valence-corrected chi connectivity index (χ4v) is 0.204. The molecule has 0 heterocycles. The van der Waals surface area contributed by atoms with Crippen molar-refractivity contribution >= 4 is 6.21 Å². The molecule has 0 aromatic rings. The molecule has 0 radical (unpaired) electrons. The van der Waals surface area contributed by atoms with Crippen molar-refractivity contribution < 1.29 is 5.11 Å². The normalized spacial score (nSPS) is 12.4. The molecule has 0 aliphatic rings. The average Bonchev–Trinajstić information content (AvgIpc) is 1.83. The van der Waals surface area contributed by atoms with Gasteiger partial charge in [0.2, 0.25) is 5.88 Å². The molecule has 0 aliphatic heterocycles. The van der Waals surface area contributed by atoms with Gasteiger partial charge in [0.15, 0.2) is 0 Å². The van der Waals surface area contributed by atoms with E-state index in [0.717, 1.165) is 0 Å². The second kappa shape index (κ2) is 4.12. The minimum Gasteiger partial charge on any atom is -0.494 e. The molecule has 8 heavy (non-hydrogen) atoms. The fourth-order valence-electron chi connectivity index (χ4n) is 0.204. The molecule has 2 heteroatoms. The number of aliphatic hydroxyl groups is 1. The number of aliphatic imine (C=N–C) groups is 1. The van der Waals surface area contributed by atoms with E-state index in [4.69, 9.17) is 5.11 Å². The van der Waals surface area contributed by atoms with Gasteiger partial charge in [-0.2, -0.15) is 0 Å². The Labute approximate surface area is 48.9 Å². The molecule has 0 saturated heterocycles. The van der Waals surface area contributed by atoms with E-state index in [1.54, 1.807) is 6.92 Å². The number of allylic oxidation sites excluding steroid dienone is 2. The lowest BCUT2D eigenvalue weighted by atomic mass is 10.6. The maximum Gasteiger partial charge on any atom is 0.206 e. The molecular weight excluding hydrogens is 102 g/mol. The van der Waals surface area contributed by atoms with Gasteiger partial charge in [-0.05, 0) is 13.0 Å². The van der Waals surface area contributed by atoms with E-state index in [-0.39, 0.29) is 5.88 Å². The zero-order valence-electron chi connectivity index (χ0n) is 4.83. The summed E-state index contributed by atoms with van der Waals surface area (Å²) in [6.07, 6.45) is 4.43. The quantitative estimate of drug-likeness (QED) is 0.426. The largest absolute Gasteiger partial charge is 0.494 e. The summed E-state index contributed by atoms with van der Waals surface area (Å²) in [5.41, 5.74) is 0. The van der Waals surface area contributed by atoms with Crippen LogP contribution in [0.1, 0.15) is 6.92 Å². The highest BCUT2D eigenvalue weighted by Gasteiger charge is 1.74. The topological polar surface area (TPSA) is 32.6 Å². The van der Waals surface area contributed by atoms with Crippen LogP contribution in [0.25, 0.3) is 0 Å². The van der Waals surface area contributed by atoms with Crippen LogP contribution in [0.15, 0.2) is 29.6 Å². The van der Waals surface area contributed by atoms with Gasteiger partial charge < -0.3 is 5.11 Å². The Morgan fingerprint density at radius 3 is 2.75 bits per heavy atom. The first-order valence-corrected chi connectivity index (χ1v) is 2.31. The number of hydrogen-bond acceptors (Lipinski definition) is 2. The van der Waals surface area contributed by atoms with Crippen molar-refractivity contribution in [3.8, 4) is 0 Å². The van der Waals surface area contributed by atoms with Crippen LogP contribution in [0.3, 0.4) is 0 Å². The van der Waals surface area contributed by atoms with Gasteiger partial charge in [0.25, 0.3) is 0 Å². The maximum atomic E-state index is 8.60. The smallest absolute Gasteiger partial charge is 0.206 e. The van der Waals surface area contributed by atoms with E-state index < -0.39 is 0 Å². The molecule has 2 nitrogen and oxygen atoms in total. The van der Waals surface area contributed by atoms with E-state index in [1.807, 2.05) is 0 Å². The molecule has 0 aromatic carbocycles. The van der Waals surface area contributed by atoms with Crippen molar-refractivity contribution in [2.75, 3.05) is 0 Å². The molecule has 0 aliphatic carbocycles. The SMILES string of the molecule is C=CC=N/C(O)=C\C. The van der Waals surface area contributed by atoms with Crippen LogP contribution >= 0.6 is 0 Å². The van der Waals surface area contributed by atoms with Gasteiger partial charge in [0, 0.05) is 6.21 Å². The summed E-state index contributed by atoms with van der Waals surface area (Å²) in [5, 5.41) is 8.60. The zero-order chi connectivity index (χ0) is 6.41. The van der Waals surface area contributed by atoms with Crippen molar-refractivity contribution in [2.24, 2.45) is 4.99 Å². The maximum absolute atomic E-state index is 8.60. The Morgan fingerprint density at radius 2 is 2.38 bits per heavy atom. The first-order chi connectivity index (χ1) is 3.81. The summed E-state index contributed by atoms with van der Waals surface area (Å²) >= 11 is 0. The number of hydrogen-bond donors (Lipinski definition) is 1. The van der Waals surface area contributed by atoms with Crippen LogP contribution in [0.5, 0.6) is 0 Å². The van der Waals surface area contributed by atoms with Gasteiger partial charge in [-0.3, -0.25) is 0 Å². The fraction of sp³-hybridized carbons (Fsp3) is 0.167. The van der Waals surface area contributed by atoms with Crippen LogP contribution in [-0.4, -0.2) is 11.3 Å². The Hall–Kier alpha value is -1.05. The molecule has 0 amide bonds. The van der Waals surface area contributed by atoms with Gasteiger partial charge in [0.05, 0.1) is 0 Å². The first-order valence-electron chi connectivity index (χ1n) is 2.31. The molecule has 0 aromatic heterocycles. The number of rotatable bonds is 2. The van der Waals surface area contributed by atoms with E-state index in [1.165, 1.54) is 18.4 Å². The lowest BCUT2D eigenvalue weighted by Crippen LogP contribution is -1.71. The van der Waals surface area contributed by atoms with Crippen molar-refractivity contribution in [3.63, 3.8) is 0 Å². The molecule has 0 fully saturated rings. The third kappa shape index (κ3) is 3.15. The Balaban J connectivity index is 3.69. The summed E-state index contributed by atoms with van der Waals surface area (Å²) in [5.74, 6) is 0.0184. The summed E-state index contributed by atoms with van der Waals surface area (Å²) in [6.45, 7) is 5.08. The average molecular weight is 111 g/mol. The first kappa shape index (κ1) is 6.95. The van der Waals surface area contributed by atoms with Gasteiger partial charge in [0.1, 0.15) is 0 Å². The minimum absolute atomic E-state index is 0.0184. The van der Waals surface area contributed by atoms with Gasteiger partial charge >= 0.3 is 0 Å². The van der Waals surface area contributed by atoms with Crippen LogP contribution < -0.4 is 0 Å². The Bertz CT molecular complexity index is 124. The lowest BCUT2D eigenvalue weighted by molar-refractivity contribution is 0.406. The van der Waals surface area contributed by atoms with Crippen molar-refractivity contribution in [1.29, 1.82) is 0 Å². The Morgan fingerprint density at radius 1 is 1.75 bits per heavy atom. The van der Waals surface area contributed by atoms with Crippen LogP contribution in [0.2, 0.25) is 0 Å². The minimum atomic E-state index is 0.0184. The van der Waals surface area contributed by atoms with Crippen molar-refractivity contribution in [1.82, 2.24) is 0 Å². The Kier molecular flexibility index (Phi) is 3.58. The van der Waals surface area contributed by atoms with E-state index in [9.17, 15) is 0 Å². The van der Waals surface area contributed by atoms with E-state index in [0.29, 0.717) is 0 Å². The molecule has 0 atom stereocenters. The molecule has 0 unspecified atom stereocenters. The molecular formula is C6H9NO. The predicted molar refractivity (Wildman–Crippen MR) is 35.1 cm³/mol. The number of nitrogens with zero attached hydrogens (tertiary/aromatic N) is 1. The summed E-state index contributed by atoms with van der Waals surface area (Å²) in [4.78, 5) is 3.53. The molecule has 0 saturated carbocycles. The highest BCUT2D eigenvalue weighted by molar-refractivity contribution is 5.70. The van der Waals surface area contributed by atoms with Gasteiger partial charge in [-0.15, -0.1) is 0 Å². The van der Waals surface area contributed by atoms with Crippen LogP contribution in [-0.2, 0) is 0 Å². The molecule has 0 rings (SSSR count). The lowest BCUT2D eigenvalue weighted by Gasteiger charge is -1.81. The predicted octanol–water partition coefficient (Wildman–Crippen LogP) is 1.66. The summed E-state index contributed by atoms with van der Waals surface area (Å²) in [6, 6.07) is 0. The second-order valence-electron chi connectivity index (χ2n) is 1.16. The number of aliphatic hydroxyl groups excluding tert-OH is 1. The van der Waals surface area contributed by atoms with Gasteiger partial charge in [-0.1, -0.05) is 12.7 Å². The second-order valence-corrected chi connectivity index (χ2v) is 1.16. The zero-order valence-corrected chi connectivity index (χ0v) is 4.83. The van der Waals surface area contributed by atoms with E-state index in [2.05, 4.69) is 11.6 Å². The third-order valence-corrected chi connectivity index (χ3v) is 0.570. The molecule has 1 N–H and O–H groups in total. The van der Waals surface area contributed by atoms with Crippen molar-refractivity contribution in [2.45, 2.75) is 6.92 Å². The molecule has 0 spiro atoms. The third-order valence-electron chi connectivity index (χ3n) is 0.570. The molecule has 0 bridgehead atoms. The highest BCUT2D eigenvalue weighted by atomic mass is 16.3. The van der Waals surface area contributed by atoms with Gasteiger partial charge in [-0.25, -0.2) is 4.99 Å². The molecule has 44 valence electrons. The summed E-state index contributed by atoms with van der Waals surface area (Å²) in [7, 11) is 0. The highest BCUT2D eigenvalue weighted by Crippen LogP contribution is 1.85. The van der Waals surface area contributed by atoms with Crippen molar-refractivity contribution in [3.05, 3.63) is 24.6 Å². The van der Waals surface area contributed by atoms with Crippen LogP contribution in [0.4, 0.5) is 0 Å². The standard InChI is InChI=1S/C6H9NO/c1-3-5-7-6(8)4-2/h3-5,8H,1H2,2H3/b6-4+,7-5?. The summed E-state index contributed by atoms with van der Waals surface area (Å²) < 4.78 is 0.